The molecular formula is C16H15ClF3NO. The molecule has 2 nitrogen and oxygen atoms in total. The van der Waals surface area contributed by atoms with E-state index in [-0.39, 0.29) is 6.61 Å². The molecule has 0 aliphatic carbocycles. The van der Waals surface area contributed by atoms with Gasteiger partial charge in [0.2, 0.25) is 0 Å². The number of alkyl halides is 3. The third kappa shape index (κ3) is 4.93. The fraction of sp³-hybridized carbons (Fsp3) is 0.250. The molecule has 0 bridgehead atoms. The van der Waals surface area contributed by atoms with Crippen molar-refractivity contribution < 1.29 is 17.9 Å². The minimum absolute atomic E-state index is 0.223. The van der Waals surface area contributed by atoms with Crippen LogP contribution in [0, 0.1) is 0 Å². The molecule has 22 heavy (non-hydrogen) atoms. The quantitative estimate of drug-likeness (QED) is 0.784. The summed E-state index contributed by atoms with van der Waals surface area (Å²) in [7, 11) is 0. The summed E-state index contributed by atoms with van der Waals surface area (Å²) in [5.41, 5.74) is 1.15. The summed E-state index contributed by atoms with van der Waals surface area (Å²) in [6, 6.07) is 12.5. The van der Waals surface area contributed by atoms with Crippen LogP contribution in [0.4, 0.5) is 13.2 Å². The molecule has 1 N–H and O–H groups in total. The second-order valence-electron chi connectivity index (χ2n) is 4.76. The second-order valence-corrected chi connectivity index (χ2v) is 5.03. The lowest BCUT2D eigenvalue weighted by atomic mass is 10.1. The Morgan fingerprint density at radius 2 is 1.50 bits per heavy atom. The lowest BCUT2D eigenvalue weighted by Gasteiger charge is -2.09. The zero-order valence-corrected chi connectivity index (χ0v) is 12.4. The van der Waals surface area contributed by atoms with Crippen molar-refractivity contribution >= 4 is 11.8 Å². The predicted molar refractivity (Wildman–Crippen MR) is 79.8 cm³/mol. The van der Waals surface area contributed by atoms with Crippen LogP contribution in [0.1, 0.15) is 16.7 Å². The van der Waals surface area contributed by atoms with Gasteiger partial charge < -0.3 is 4.74 Å². The molecule has 0 aromatic heterocycles. The molecule has 6 heteroatoms. The van der Waals surface area contributed by atoms with Crippen LogP contribution in [0.15, 0.2) is 48.5 Å². The Bertz CT molecular complexity index is 582. The van der Waals surface area contributed by atoms with Gasteiger partial charge in [-0.05, 0) is 53.6 Å². The van der Waals surface area contributed by atoms with E-state index < -0.39 is 11.7 Å². The number of halogens is 4. The van der Waals surface area contributed by atoms with Crippen LogP contribution in [0.5, 0.6) is 5.75 Å². The molecule has 2 aromatic rings. The van der Waals surface area contributed by atoms with Crippen molar-refractivity contribution in [1.29, 1.82) is 0 Å². The van der Waals surface area contributed by atoms with Crippen LogP contribution in [0.2, 0.25) is 0 Å². The maximum Gasteiger partial charge on any atom is 0.416 e. The first-order valence-electron chi connectivity index (χ1n) is 6.70. The van der Waals surface area contributed by atoms with Gasteiger partial charge in [0, 0.05) is 6.54 Å². The Morgan fingerprint density at radius 3 is 2.05 bits per heavy atom. The van der Waals surface area contributed by atoms with E-state index >= 15 is 0 Å². The van der Waals surface area contributed by atoms with E-state index in [2.05, 4.69) is 4.84 Å². The lowest BCUT2D eigenvalue weighted by Crippen LogP contribution is -2.05. The predicted octanol–water partition coefficient (Wildman–Crippen LogP) is 4.57. The third-order valence-corrected chi connectivity index (χ3v) is 3.31. The van der Waals surface area contributed by atoms with E-state index in [1.54, 1.807) is 0 Å². The zero-order valence-electron chi connectivity index (χ0n) is 11.7. The highest BCUT2D eigenvalue weighted by Gasteiger charge is 2.29. The van der Waals surface area contributed by atoms with E-state index in [9.17, 15) is 13.2 Å². The summed E-state index contributed by atoms with van der Waals surface area (Å²) in [4.78, 5) is 2.55. The maximum atomic E-state index is 12.5. The number of nitrogens with one attached hydrogen (secondary N) is 1. The van der Waals surface area contributed by atoms with Crippen molar-refractivity contribution in [1.82, 2.24) is 4.84 Å². The first-order chi connectivity index (χ1) is 10.5. The summed E-state index contributed by atoms with van der Waals surface area (Å²) in [5, 5.41) is 0. The van der Waals surface area contributed by atoms with Crippen molar-refractivity contribution in [2.75, 3.05) is 6.54 Å². The van der Waals surface area contributed by atoms with E-state index in [0.717, 1.165) is 24.1 Å². The molecule has 2 aromatic carbocycles. The Kier molecular flexibility index (Phi) is 5.69. The smallest absolute Gasteiger partial charge is 0.416 e. The fourth-order valence-electron chi connectivity index (χ4n) is 1.90. The molecule has 0 saturated heterocycles. The summed E-state index contributed by atoms with van der Waals surface area (Å²) < 4.78 is 42.9. The van der Waals surface area contributed by atoms with E-state index in [1.807, 2.05) is 24.3 Å². The molecule has 2 rings (SSSR count). The van der Waals surface area contributed by atoms with Crippen LogP contribution >= 0.6 is 11.8 Å². The molecule has 0 saturated carbocycles. The van der Waals surface area contributed by atoms with Gasteiger partial charge >= 0.3 is 6.18 Å². The SMILES string of the molecule is FC(F)(F)c1ccc(COc2ccc(CCNCl)cc2)cc1. The average molecular weight is 330 g/mol. The molecule has 118 valence electrons. The van der Waals surface area contributed by atoms with Crippen molar-refractivity contribution in [2.24, 2.45) is 0 Å². The highest BCUT2D eigenvalue weighted by Crippen LogP contribution is 2.29. The van der Waals surface area contributed by atoms with Crippen molar-refractivity contribution in [3.63, 3.8) is 0 Å². The number of rotatable bonds is 6. The first kappa shape index (κ1) is 16.6. The van der Waals surface area contributed by atoms with Crippen LogP contribution in [-0.2, 0) is 19.2 Å². The molecule has 0 fully saturated rings. The normalized spacial score (nSPS) is 11.5. The second kappa shape index (κ2) is 7.51. The topological polar surface area (TPSA) is 21.3 Å². The molecule has 0 aliphatic rings. The van der Waals surface area contributed by atoms with Gasteiger partial charge in [-0.1, -0.05) is 24.3 Å². The zero-order chi connectivity index (χ0) is 16.0. The number of hydrogen-bond donors (Lipinski definition) is 1. The molecule has 0 unspecified atom stereocenters. The number of benzene rings is 2. The molecule has 0 radical (unpaired) electrons. The molecule has 0 amide bonds. The Hall–Kier alpha value is -1.72. The Balaban J connectivity index is 1.90. The Morgan fingerprint density at radius 1 is 0.909 bits per heavy atom. The summed E-state index contributed by atoms with van der Waals surface area (Å²) >= 11 is 5.39. The first-order valence-corrected chi connectivity index (χ1v) is 7.08. The summed E-state index contributed by atoms with van der Waals surface area (Å²) in [6.07, 6.45) is -3.50. The largest absolute Gasteiger partial charge is 0.489 e. The van der Waals surface area contributed by atoms with Gasteiger partial charge in [0.05, 0.1) is 5.56 Å². The Labute approximate surface area is 132 Å². The van der Waals surface area contributed by atoms with Crippen molar-refractivity contribution in [3.05, 3.63) is 65.2 Å². The monoisotopic (exact) mass is 329 g/mol. The van der Waals surface area contributed by atoms with Crippen molar-refractivity contribution in [3.8, 4) is 5.75 Å². The van der Waals surface area contributed by atoms with Crippen LogP contribution in [0.3, 0.4) is 0 Å². The highest BCUT2D eigenvalue weighted by atomic mass is 35.5. The van der Waals surface area contributed by atoms with Crippen molar-refractivity contribution in [2.45, 2.75) is 19.2 Å². The number of hydrogen-bond acceptors (Lipinski definition) is 2. The third-order valence-electron chi connectivity index (χ3n) is 3.12. The highest BCUT2D eigenvalue weighted by molar-refractivity contribution is 6.13. The van der Waals surface area contributed by atoms with Crippen LogP contribution in [-0.4, -0.2) is 6.54 Å². The van der Waals surface area contributed by atoms with Crippen LogP contribution in [0.25, 0.3) is 0 Å². The standard InChI is InChI=1S/C16H15ClF3NO/c17-21-10-9-12-3-7-15(8-4-12)22-11-13-1-5-14(6-2-13)16(18,19)20/h1-8,21H,9-11H2. The van der Waals surface area contributed by atoms with Gasteiger partial charge in [-0.2, -0.15) is 13.2 Å². The molecule has 0 atom stereocenters. The molecule has 0 spiro atoms. The number of ether oxygens (including phenoxy) is 1. The van der Waals surface area contributed by atoms with Gasteiger partial charge in [-0.15, -0.1) is 0 Å². The van der Waals surface area contributed by atoms with Crippen LogP contribution < -0.4 is 9.57 Å². The van der Waals surface area contributed by atoms with Gasteiger partial charge in [0.1, 0.15) is 12.4 Å². The summed E-state index contributed by atoms with van der Waals surface area (Å²) in [5.74, 6) is 0.669. The fourth-order valence-corrected chi connectivity index (χ4v) is 2.00. The van der Waals surface area contributed by atoms with Gasteiger partial charge in [0.25, 0.3) is 0 Å². The minimum atomic E-state index is -4.31. The molecule has 0 aliphatic heterocycles. The van der Waals surface area contributed by atoms with E-state index in [1.165, 1.54) is 12.1 Å². The van der Waals surface area contributed by atoms with E-state index in [0.29, 0.717) is 17.9 Å². The lowest BCUT2D eigenvalue weighted by molar-refractivity contribution is -0.137. The average Bonchev–Trinajstić information content (AvgIpc) is 2.51. The van der Waals surface area contributed by atoms with E-state index in [4.69, 9.17) is 16.5 Å². The minimum Gasteiger partial charge on any atom is -0.489 e. The van der Waals surface area contributed by atoms with Gasteiger partial charge in [-0.3, -0.25) is 0 Å². The maximum absolute atomic E-state index is 12.5. The van der Waals surface area contributed by atoms with Gasteiger partial charge in [0.15, 0.2) is 0 Å². The molecule has 0 heterocycles. The molecular weight excluding hydrogens is 315 g/mol. The summed E-state index contributed by atoms with van der Waals surface area (Å²) in [6.45, 7) is 0.897. The van der Waals surface area contributed by atoms with Gasteiger partial charge in [-0.25, -0.2) is 4.84 Å².